The van der Waals surface area contributed by atoms with Gasteiger partial charge in [-0.2, -0.15) is 0 Å². The van der Waals surface area contributed by atoms with E-state index in [1.165, 1.54) is 0 Å². The van der Waals surface area contributed by atoms with Crippen LogP contribution in [0.1, 0.15) is 26.7 Å². The van der Waals surface area contributed by atoms with E-state index in [4.69, 9.17) is 0 Å². The average Bonchev–Trinajstić information content (AvgIpc) is 2.62. The normalized spacial score (nSPS) is 16.1. The first kappa shape index (κ1) is 20.9. The highest BCUT2D eigenvalue weighted by molar-refractivity contribution is 9.10. The highest BCUT2D eigenvalue weighted by Crippen LogP contribution is 2.21. The number of benzene rings is 1. The molecular formula is C19H29BrN4O2. The molecule has 0 aliphatic carbocycles. The minimum absolute atomic E-state index is 0.0280. The fourth-order valence-electron chi connectivity index (χ4n) is 3.19. The van der Waals surface area contributed by atoms with Gasteiger partial charge >= 0.3 is 0 Å². The summed E-state index contributed by atoms with van der Waals surface area (Å²) < 4.78 is 0.812. The van der Waals surface area contributed by atoms with Crippen molar-refractivity contribution in [2.45, 2.75) is 38.8 Å². The third kappa shape index (κ3) is 6.37. The molecule has 1 saturated heterocycles. The van der Waals surface area contributed by atoms with Crippen LogP contribution in [0.25, 0.3) is 0 Å². The first-order valence-electron chi connectivity index (χ1n) is 9.12. The van der Waals surface area contributed by atoms with Crippen molar-refractivity contribution < 1.29 is 9.59 Å². The van der Waals surface area contributed by atoms with Crippen LogP contribution < -0.4 is 10.6 Å². The molecular weight excluding hydrogens is 396 g/mol. The molecule has 0 saturated carbocycles. The lowest BCUT2D eigenvalue weighted by Gasteiger charge is -2.38. The highest BCUT2D eigenvalue weighted by Gasteiger charge is 2.24. The second-order valence-corrected chi connectivity index (χ2v) is 7.94. The molecule has 0 unspecified atom stereocenters. The summed E-state index contributed by atoms with van der Waals surface area (Å²) in [4.78, 5) is 28.7. The maximum Gasteiger partial charge on any atom is 0.243 e. The molecule has 0 spiro atoms. The third-order valence-electron chi connectivity index (χ3n) is 4.84. The van der Waals surface area contributed by atoms with Gasteiger partial charge < -0.3 is 15.5 Å². The minimum atomic E-state index is -0.238. The van der Waals surface area contributed by atoms with E-state index in [1.54, 1.807) is 6.07 Å². The Morgan fingerprint density at radius 2 is 1.88 bits per heavy atom. The van der Waals surface area contributed by atoms with Gasteiger partial charge in [0.25, 0.3) is 0 Å². The third-order valence-corrected chi connectivity index (χ3v) is 5.53. The molecule has 26 heavy (non-hydrogen) atoms. The fourth-order valence-corrected chi connectivity index (χ4v) is 3.57. The summed E-state index contributed by atoms with van der Waals surface area (Å²) in [6, 6.07) is 8.38. The maximum atomic E-state index is 12.1. The van der Waals surface area contributed by atoms with E-state index in [1.807, 2.05) is 25.2 Å². The van der Waals surface area contributed by atoms with Crippen molar-refractivity contribution in [3.63, 3.8) is 0 Å². The molecule has 6 nitrogen and oxygen atoms in total. The highest BCUT2D eigenvalue weighted by atomic mass is 79.9. The Balaban J connectivity index is 1.70. The quantitative estimate of drug-likeness (QED) is 0.704. The van der Waals surface area contributed by atoms with Gasteiger partial charge in [0.1, 0.15) is 0 Å². The van der Waals surface area contributed by atoms with Crippen LogP contribution >= 0.6 is 15.9 Å². The first-order valence-corrected chi connectivity index (χ1v) is 9.91. The molecule has 2 amide bonds. The summed E-state index contributed by atoms with van der Waals surface area (Å²) in [5.74, 6) is -0.362. The maximum absolute atomic E-state index is 12.1. The molecule has 1 aliphatic heterocycles. The summed E-state index contributed by atoms with van der Waals surface area (Å²) >= 11 is 3.38. The van der Waals surface area contributed by atoms with Crippen LogP contribution in [0.2, 0.25) is 0 Å². The molecule has 1 aromatic carbocycles. The SMILES string of the molecule is CC(C)N1CCC(N(C)CC(=O)NCC(=O)Nc2ccccc2Br)CC1. The number of carbonyl (C=O) groups is 2. The van der Waals surface area contributed by atoms with Gasteiger partial charge in [0.15, 0.2) is 0 Å². The molecule has 1 aromatic rings. The number of nitrogens with zero attached hydrogens (tertiary/aromatic N) is 2. The summed E-state index contributed by atoms with van der Waals surface area (Å²) in [7, 11) is 1.98. The van der Waals surface area contributed by atoms with Crippen LogP contribution in [-0.4, -0.2) is 66.9 Å². The Morgan fingerprint density at radius 1 is 1.23 bits per heavy atom. The van der Waals surface area contributed by atoms with Gasteiger partial charge in [0, 0.05) is 16.6 Å². The summed E-state index contributed by atoms with van der Waals surface area (Å²) in [6.07, 6.45) is 2.15. The van der Waals surface area contributed by atoms with Crippen molar-refractivity contribution in [2.75, 3.05) is 38.5 Å². The van der Waals surface area contributed by atoms with E-state index in [-0.39, 0.29) is 18.4 Å². The van der Waals surface area contributed by atoms with Crippen molar-refractivity contribution >= 4 is 33.4 Å². The van der Waals surface area contributed by atoms with E-state index in [9.17, 15) is 9.59 Å². The van der Waals surface area contributed by atoms with Crippen LogP contribution in [-0.2, 0) is 9.59 Å². The lowest BCUT2D eigenvalue weighted by atomic mass is 10.0. The van der Waals surface area contributed by atoms with Gasteiger partial charge in [-0.1, -0.05) is 12.1 Å². The zero-order chi connectivity index (χ0) is 19.1. The number of halogens is 1. The molecule has 2 rings (SSSR count). The predicted octanol–water partition coefficient (Wildman–Crippen LogP) is 2.31. The molecule has 0 radical (unpaired) electrons. The molecule has 0 atom stereocenters. The van der Waals surface area contributed by atoms with Crippen molar-refractivity contribution in [3.05, 3.63) is 28.7 Å². The van der Waals surface area contributed by atoms with Crippen LogP contribution in [0.5, 0.6) is 0 Å². The Bertz CT molecular complexity index is 615. The zero-order valence-corrected chi connectivity index (χ0v) is 17.4. The van der Waals surface area contributed by atoms with Crippen LogP contribution in [0, 0.1) is 0 Å². The molecule has 0 bridgehead atoms. The van der Waals surface area contributed by atoms with Crippen LogP contribution in [0.3, 0.4) is 0 Å². The number of carbonyl (C=O) groups excluding carboxylic acids is 2. The van der Waals surface area contributed by atoms with Gasteiger partial charge in [-0.3, -0.25) is 14.5 Å². The number of anilines is 1. The Hall–Kier alpha value is -1.44. The molecule has 0 aromatic heterocycles. The van der Waals surface area contributed by atoms with Crippen molar-refractivity contribution in [2.24, 2.45) is 0 Å². The fraction of sp³-hybridized carbons (Fsp3) is 0.579. The van der Waals surface area contributed by atoms with Gasteiger partial charge in [-0.25, -0.2) is 0 Å². The lowest BCUT2D eigenvalue weighted by molar-refractivity contribution is -0.125. The number of likely N-dealkylation sites (N-methyl/N-ethyl adjacent to an activating group) is 1. The smallest absolute Gasteiger partial charge is 0.243 e. The Morgan fingerprint density at radius 3 is 2.50 bits per heavy atom. The van der Waals surface area contributed by atoms with Crippen molar-refractivity contribution in [3.8, 4) is 0 Å². The van der Waals surface area contributed by atoms with Crippen molar-refractivity contribution in [1.29, 1.82) is 0 Å². The largest absolute Gasteiger partial charge is 0.346 e. The zero-order valence-electron chi connectivity index (χ0n) is 15.8. The topological polar surface area (TPSA) is 64.7 Å². The number of rotatable bonds is 7. The number of para-hydroxylation sites is 1. The average molecular weight is 425 g/mol. The number of amides is 2. The van der Waals surface area contributed by atoms with E-state index < -0.39 is 0 Å². The number of nitrogens with one attached hydrogen (secondary N) is 2. The lowest BCUT2D eigenvalue weighted by Crippen LogP contribution is -2.48. The standard InChI is InChI=1S/C19H29BrN4O2/c1-14(2)24-10-8-15(9-11-24)23(3)13-19(26)21-12-18(25)22-17-7-5-4-6-16(17)20/h4-7,14-15H,8-13H2,1-3H3,(H,21,26)(H,22,25). The summed E-state index contributed by atoms with van der Waals surface area (Å²) in [5, 5.41) is 5.48. The molecule has 1 heterocycles. The van der Waals surface area contributed by atoms with Gasteiger partial charge in [-0.05, 0) is 74.9 Å². The number of likely N-dealkylation sites (tertiary alicyclic amines) is 1. The van der Waals surface area contributed by atoms with Crippen LogP contribution in [0.4, 0.5) is 5.69 Å². The van der Waals surface area contributed by atoms with Gasteiger partial charge in [0.05, 0.1) is 18.8 Å². The molecule has 1 fully saturated rings. The predicted molar refractivity (Wildman–Crippen MR) is 108 cm³/mol. The minimum Gasteiger partial charge on any atom is -0.346 e. The van der Waals surface area contributed by atoms with E-state index in [0.29, 0.717) is 24.3 Å². The second-order valence-electron chi connectivity index (χ2n) is 7.08. The molecule has 144 valence electrons. The summed E-state index contributed by atoms with van der Waals surface area (Å²) in [5.41, 5.74) is 0.695. The van der Waals surface area contributed by atoms with Gasteiger partial charge in [-0.15, -0.1) is 0 Å². The molecule has 7 heteroatoms. The number of hydrogen-bond acceptors (Lipinski definition) is 4. The first-order chi connectivity index (χ1) is 12.4. The Kier molecular flexibility index (Phi) is 8.06. The van der Waals surface area contributed by atoms with Gasteiger partial charge in [0.2, 0.25) is 11.8 Å². The van der Waals surface area contributed by atoms with Crippen molar-refractivity contribution in [1.82, 2.24) is 15.1 Å². The van der Waals surface area contributed by atoms with E-state index in [0.717, 1.165) is 30.4 Å². The van der Waals surface area contributed by atoms with E-state index in [2.05, 4.69) is 50.2 Å². The Labute approximate surface area is 164 Å². The number of hydrogen-bond donors (Lipinski definition) is 2. The molecule has 1 aliphatic rings. The monoisotopic (exact) mass is 424 g/mol. The second kappa shape index (κ2) is 10.0. The van der Waals surface area contributed by atoms with Crippen LogP contribution in [0.15, 0.2) is 28.7 Å². The summed E-state index contributed by atoms with van der Waals surface area (Å²) in [6.45, 7) is 6.87. The van der Waals surface area contributed by atoms with E-state index >= 15 is 0 Å². The molecule has 2 N–H and O–H groups in total. The number of piperidine rings is 1.